The van der Waals surface area contributed by atoms with Gasteiger partial charge >= 0.3 is 0 Å². The predicted molar refractivity (Wildman–Crippen MR) is 132 cm³/mol. The standard InChI is InChI=1S/C27H31N5O3/c1-20(33)29-27(18-10-2-3-11-19-27)26-28-24(35-32-26)17-16-23(34)30-31-25(21-12-6-4-7-13-21)22-14-8-5-9-15-22/h4-9,12-15H,2-3,10-11,16-19H2,1H3,(H,29,33)(H,30,34). The quantitative estimate of drug-likeness (QED) is 0.289. The van der Waals surface area contributed by atoms with E-state index in [0.29, 0.717) is 17.4 Å². The van der Waals surface area contributed by atoms with Gasteiger partial charge in [-0.3, -0.25) is 9.59 Å². The molecule has 2 aromatic carbocycles. The van der Waals surface area contributed by atoms with Crippen molar-refractivity contribution in [2.24, 2.45) is 5.10 Å². The first-order valence-corrected chi connectivity index (χ1v) is 12.1. The van der Waals surface area contributed by atoms with Crippen LogP contribution in [0.5, 0.6) is 0 Å². The van der Waals surface area contributed by atoms with Gasteiger partial charge in [0.1, 0.15) is 5.54 Å². The van der Waals surface area contributed by atoms with E-state index in [4.69, 9.17) is 4.52 Å². The first kappa shape index (κ1) is 24.3. The molecule has 0 radical (unpaired) electrons. The number of carbonyl (C=O) groups excluding carboxylic acids is 2. The van der Waals surface area contributed by atoms with Crippen molar-refractivity contribution in [1.82, 2.24) is 20.9 Å². The summed E-state index contributed by atoms with van der Waals surface area (Å²) in [7, 11) is 0. The van der Waals surface area contributed by atoms with Crippen molar-refractivity contribution in [2.75, 3.05) is 0 Å². The fourth-order valence-electron chi connectivity index (χ4n) is 4.51. The Bertz CT molecular complexity index is 1110. The molecule has 0 aliphatic heterocycles. The van der Waals surface area contributed by atoms with E-state index in [-0.39, 0.29) is 24.7 Å². The number of carbonyl (C=O) groups is 2. The molecule has 0 unspecified atom stereocenters. The maximum absolute atomic E-state index is 12.6. The van der Waals surface area contributed by atoms with Gasteiger partial charge in [-0.25, -0.2) is 5.43 Å². The first-order chi connectivity index (χ1) is 17.1. The molecule has 35 heavy (non-hydrogen) atoms. The normalized spacial score (nSPS) is 15.0. The smallest absolute Gasteiger partial charge is 0.240 e. The zero-order valence-corrected chi connectivity index (χ0v) is 20.0. The summed E-state index contributed by atoms with van der Waals surface area (Å²) < 4.78 is 5.45. The van der Waals surface area contributed by atoms with Gasteiger partial charge in [0.25, 0.3) is 0 Å². The lowest BCUT2D eigenvalue weighted by Gasteiger charge is -2.30. The number of aryl methyl sites for hydroxylation is 1. The van der Waals surface area contributed by atoms with Crippen LogP contribution < -0.4 is 10.7 Å². The Hall–Kier alpha value is -3.81. The van der Waals surface area contributed by atoms with Crippen LogP contribution in [-0.4, -0.2) is 27.7 Å². The van der Waals surface area contributed by atoms with E-state index in [1.54, 1.807) is 0 Å². The van der Waals surface area contributed by atoms with E-state index in [1.807, 2.05) is 60.7 Å². The summed E-state index contributed by atoms with van der Waals surface area (Å²) in [5.41, 5.74) is 4.57. The molecule has 1 aliphatic carbocycles. The van der Waals surface area contributed by atoms with Gasteiger partial charge < -0.3 is 9.84 Å². The minimum atomic E-state index is -0.600. The van der Waals surface area contributed by atoms with Crippen LogP contribution >= 0.6 is 0 Å². The molecular weight excluding hydrogens is 442 g/mol. The van der Waals surface area contributed by atoms with Crippen LogP contribution in [0.1, 0.15) is 74.7 Å². The van der Waals surface area contributed by atoms with Crippen LogP contribution in [0.15, 0.2) is 70.3 Å². The Balaban J connectivity index is 1.42. The fourth-order valence-corrected chi connectivity index (χ4v) is 4.51. The third-order valence-corrected chi connectivity index (χ3v) is 6.22. The molecule has 3 aromatic rings. The Labute approximate surface area is 205 Å². The molecule has 0 spiro atoms. The van der Waals surface area contributed by atoms with E-state index in [9.17, 15) is 9.59 Å². The second kappa shape index (κ2) is 11.6. The van der Waals surface area contributed by atoms with E-state index in [1.165, 1.54) is 6.92 Å². The van der Waals surface area contributed by atoms with Crippen molar-refractivity contribution >= 4 is 17.5 Å². The van der Waals surface area contributed by atoms with Gasteiger partial charge in [0.05, 0.1) is 5.71 Å². The van der Waals surface area contributed by atoms with Crippen molar-refractivity contribution in [3.05, 3.63) is 83.5 Å². The number of amides is 2. The highest BCUT2D eigenvalue weighted by molar-refractivity contribution is 6.13. The molecule has 2 amide bonds. The number of hydrazone groups is 1. The summed E-state index contributed by atoms with van der Waals surface area (Å²) >= 11 is 0. The Morgan fingerprint density at radius 2 is 1.54 bits per heavy atom. The molecule has 1 aliphatic rings. The molecule has 1 saturated carbocycles. The molecule has 0 bridgehead atoms. The minimum Gasteiger partial charge on any atom is -0.343 e. The Morgan fingerprint density at radius 3 is 2.11 bits per heavy atom. The highest BCUT2D eigenvalue weighted by Crippen LogP contribution is 2.34. The number of benzene rings is 2. The van der Waals surface area contributed by atoms with Crippen LogP contribution in [0.25, 0.3) is 0 Å². The number of hydrogen-bond acceptors (Lipinski definition) is 6. The van der Waals surface area contributed by atoms with Gasteiger partial charge in [-0.15, -0.1) is 0 Å². The molecule has 1 heterocycles. The highest BCUT2D eigenvalue weighted by atomic mass is 16.5. The molecule has 8 heteroatoms. The second-order valence-corrected chi connectivity index (χ2v) is 8.92. The van der Waals surface area contributed by atoms with Crippen molar-refractivity contribution in [3.8, 4) is 0 Å². The summed E-state index contributed by atoms with van der Waals surface area (Å²) in [6.07, 6.45) is 6.24. The van der Waals surface area contributed by atoms with Gasteiger partial charge in [-0.1, -0.05) is 91.5 Å². The molecular formula is C27H31N5O3. The predicted octanol–water partition coefficient (Wildman–Crippen LogP) is 4.26. The lowest BCUT2D eigenvalue weighted by molar-refractivity contribution is -0.122. The van der Waals surface area contributed by atoms with Crippen LogP contribution in [0, 0.1) is 0 Å². The summed E-state index contributed by atoms with van der Waals surface area (Å²) in [5.74, 6) is 0.515. The van der Waals surface area contributed by atoms with Crippen molar-refractivity contribution in [1.29, 1.82) is 0 Å². The SMILES string of the molecule is CC(=O)NC1(c2noc(CCC(=O)NN=C(c3ccccc3)c3ccccc3)n2)CCCCCC1. The first-order valence-electron chi connectivity index (χ1n) is 12.1. The second-order valence-electron chi connectivity index (χ2n) is 8.92. The molecule has 0 saturated heterocycles. The lowest BCUT2D eigenvalue weighted by Crippen LogP contribution is -2.45. The van der Waals surface area contributed by atoms with E-state index >= 15 is 0 Å². The molecule has 1 aromatic heterocycles. The molecule has 8 nitrogen and oxygen atoms in total. The fraction of sp³-hybridized carbons (Fsp3) is 0.370. The van der Waals surface area contributed by atoms with Crippen molar-refractivity contribution in [3.63, 3.8) is 0 Å². The third kappa shape index (κ3) is 6.41. The topological polar surface area (TPSA) is 109 Å². The third-order valence-electron chi connectivity index (χ3n) is 6.22. The summed E-state index contributed by atoms with van der Waals surface area (Å²) in [6.45, 7) is 1.51. The number of rotatable bonds is 8. The maximum Gasteiger partial charge on any atom is 0.240 e. The number of aromatic nitrogens is 2. The molecule has 182 valence electrons. The van der Waals surface area contributed by atoms with Gasteiger partial charge in [0, 0.05) is 30.9 Å². The van der Waals surface area contributed by atoms with Crippen LogP contribution in [0.4, 0.5) is 0 Å². The van der Waals surface area contributed by atoms with Gasteiger partial charge in [-0.2, -0.15) is 10.1 Å². The molecule has 0 atom stereocenters. The van der Waals surface area contributed by atoms with E-state index < -0.39 is 5.54 Å². The molecule has 2 N–H and O–H groups in total. The van der Waals surface area contributed by atoms with Crippen LogP contribution in [0.2, 0.25) is 0 Å². The highest BCUT2D eigenvalue weighted by Gasteiger charge is 2.38. The Morgan fingerprint density at radius 1 is 0.943 bits per heavy atom. The molecule has 1 fully saturated rings. The summed E-state index contributed by atoms with van der Waals surface area (Å²) in [6, 6.07) is 19.4. The largest absolute Gasteiger partial charge is 0.343 e. The van der Waals surface area contributed by atoms with Crippen LogP contribution in [0.3, 0.4) is 0 Å². The average molecular weight is 474 g/mol. The molecule has 4 rings (SSSR count). The van der Waals surface area contributed by atoms with Crippen LogP contribution in [-0.2, 0) is 21.5 Å². The Kier molecular flexibility index (Phi) is 8.03. The number of nitrogens with one attached hydrogen (secondary N) is 2. The zero-order valence-electron chi connectivity index (χ0n) is 20.0. The van der Waals surface area contributed by atoms with Crippen molar-refractivity contribution < 1.29 is 14.1 Å². The maximum atomic E-state index is 12.6. The summed E-state index contributed by atoms with van der Waals surface area (Å²) in [4.78, 5) is 29.0. The lowest BCUT2D eigenvalue weighted by atomic mass is 9.89. The van der Waals surface area contributed by atoms with E-state index in [2.05, 4.69) is 26.0 Å². The van der Waals surface area contributed by atoms with Gasteiger partial charge in [0.2, 0.25) is 17.7 Å². The van der Waals surface area contributed by atoms with Gasteiger partial charge in [0.15, 0.2) is 5.82 Å². The minimum absolute atomic E-state index is 0.108. The summed E-state index contributed by atoms with van der Waals surface area (Å²) in [5, 5.41) is 11.7. The van der Waals surface area contributed by atoms with Crippen molar-refractivity contribution in [2.45, 2.75) is 63.8 Å². The average Bonchev–Trinajstić information content (AvgIpc) is 3.24. The zero-order chi connectivity index (χ0) is 24.5. The van der Waals surface area contributed by atoms with Gasteiger partial charge in [-0.05, 0) is 12.8 Å². The monoisotopic (exact) mass is 473 g/mol. The number of hydrogen-bond donors (Lipinski definition) is 2. The van der Waals surface area contributed by atoms with E-state index in [0.717, 1.165) is 49.7 Å². The number of nitrogens with zero attached hydrogens (tertiary/aromatic N) is 3.